The van der Waals surface area contributed by atoms with Gasteiger partial charge in [0.15, 0.2) is 0 Å². The molecule has 1 atom stereocenters. The number of nitrogens with one attached hydrogen (secondary N) is 1. The summed E-state index contributed by atoms with van der Waals surface area (Å²) in [4.78, 5) is 0. The lowest BCUT2D eigenvalue weighted by Gasteiger charge is -2.14. The van der Waals surface area contributed by atoms with E-state index in [0.29, 0.717) is 11.6 Å². The van der Waals surface area contributed by atoms with Crippen LogP contribution < -0.4 is 5.32 Å². The minimum absolute atomic E-state index is 0.488. The van der Waals surface area contributed by atoms with Crippen molar-refractivity contribution >= 4 is 11.6 Å². The highest BCUT2D eigenvalue weighted by Crippen LogP contribution is 2.24. The normalized spacial score (nSPS) is 12.9. The average Bonchev–Trinajstić information content (AvgIpc) is 2.11. The molecule has 0 saturated carbocycles. The van der Waals surface area contributed by atoms with E-state index in [1.165, 1.54) is 0 Å². The van der Waals surface area contributed by atoms with E-state index < -0.39 is 6.10 Å². The van der Waals surface area contributed by atoms with Crippen LogP contribution in [0.1, 0.15) is 22.8 Å². The third-order valence-electron chi connectivity index (χ3n) is 2.30. The van der Waals surface area contributed by atoms with E-state index in [0.717, 1.165) is 16.7 Å². The van der Waals surface area contributed by atoms with Crippen LogP contribution in [0.4, 0.5) is 0 Å². The Morgan fingerprint density at radius 1 is 1.36 bits per heavy atom. The zero-order chi connectivity index (χ0) is 10.7. The second-order valence-corrected chi connectivity index (χ2v) is 3.94. The first-order chi connectivity index (χ1) is 6.56. The Morgan fingerprint density at radius 3 is 2.57 bits per heavy atom. The van der Waals surface area contributed by atoms with Crippen LogP contribution in [0.3, 0.4) is 0 Å². The smallest absolute Gasteiger partial charge is 0.0917 e. The number of benzene rings is 1. The number of likely N-dealkylation sites (N-methyl/N-ethyl adjacent to an activating group) is 1. The zero-order valence-corrected chi connectivity index (χ0v) is 9.52. The first-order valence-corrected chi connectivity index (χ1v) is 5.03. The van der Waals surface area contributed by atoms with Crippen LogP contribution in [0.25, 0.3) is 0 Å². The maximum absolute atomic E-state index is 9.80. The minimum atomic E-state index is -0.488. The monoisotopic (exact) mass is 213 g/mol. The third-order valence-corrected chi connectivity index (χ3v) is 2.71. The number of halogens is 1. The van der Waals surface area contributed by atoms with Crippen LogP contribution in [0.2, 0.25) is 5.02 Å². The highest BCUT2D eigenvalue weighted by Gasteiger charge is 2.11. The molecular weight excluding hydrogens is 198 g/mol. The van der Waals surface area contributed by atoms with Gasteiger partial charge in [-0.3, -0.25) is 0 Å². The molecule has 0 amide bonds. The van der Waals surface area contributed by atoms with E-state index >= 15 is 0 Å². The van der Waals surface area contributed by atoms with Crippen LogP contribution in [0.15, 0.2) is 12.1 Å². The number of aryl methyl sites for hydroxylation is 2. The van der Waals surface area contributed by atoms with Crippen molar-refractivity contribution in [1.29, 1.82) is 0 Å². The van der Waals surface area contributed by atoms with Crippen molar-refractivity contribution in [3.63, 3.8) is 0 Å². The minimum Gasteiger partial charge on any atom is -0.387 e. The van der Waals surface area contributed by atoms with Gasteiger partial charge in [-0.2, -0.15) is 0 Å². The first kappa shape index (κ1) is 11.5. The van der Waals surface area contributed by atoms with E-state index in [2.05, 4.69) is 5.32 Å². The van der Waals surface area contributed by atoms with Crippen molar-refractivity contribution in [2.75, 3.05) is 13.6 Å². The highest BCUT2D eigenvalue weighted by molar-refractivity contribution is 6.31. The molecule has 3 heteroatoms. The molecule has 0 spiro atoms. The predicted molar refractivity (Wildman–Crippen MR) is 59.8 cm³/mol. The molecule has 0 aromatic heterocycles. The van der Waals surface area contributed by atoms with E-state index in [1.54, 1.807) is 0 Å². The first-order valence-electron chi connectivity index (χ1n) is 4.65. The van der Waals surface area contributed by atoms with Gasteiger partial charge in [-0.1, -0.05) is 17.7 Å². The topological polar surface area (TPSA) is 32.3 Å². The van der Waals surface area contributed by atoms with Crippen LogP contribution in [0.5, 0.6) is 0 Å². The Morgan fingerprint density at radius 2 is 2.00 bits per heavy atom. The van der Waals surface area contributed by atoms with Gasteiger partial charge in [0.25, 0.3) is 0 Å². The number of hydrogen-bond donors (Lipinski definition) is 2. The summed E-state index contributed by atoms with van der Waals surface area (Å²) in [6.45, 7) is 4.49. The van der Waals surface area contributed by atoms with Crippen LogP contribution in [0, 0.1) is 13.8 Å². The van der Waals surface area contributed by atoms with Crippen molar-refractivity contribution in [2.24, 2.45) is 0 Å². The fourth-order valence-corrected chi connectivity index (χ4v) is 1.68. The maximum Gasteiger partial charge on any atom is 0.0917 e. The van der Waals surface area contributed by atoms with Crippen molar-refractivity contribution in [1.82, 2.24) is 5.32 Å². The Labute approximate surface area is 89.9 Å². The quantitative estimate of drug-likeness (QED) is 0.807. The molecule has 2 N–H and O–H groups in total. The fourth-order valence-electron chi connectivity index (χ4n) is 1.50. The molecule has 14 heavy (non-hydrogen) atoms. The molecule has 0 bridgehead atoms. The van der Waals surface area contributed by atoms with Crippen molar-refractivity contribution in [3.05, 3.63) is 33.8 Å². The number of hydrogen-bond acceptors (Lipinski definition) is 2. The average molecular weight is 214 g/mol. The lowest BCUT2D eigenvalue weighted by atomic mass is 10.0. The Kier molecular flexibility index (Phi) is 3.93. The van der Waals surface area contributed by atoms with Crippen LogP contribution in [-0.2, 0) is 0 Å². The van der Waals surface area contributed by atoms with Gasteiger partial charge in [-0.15, -0.1) is 0 Å². The molecule has 0 aliphatic rings. The molecule has 0 saturated heterocycles. The third kappa shape index (κ3) is 2.47. The molecule has 0 fully saturated rings. The number of aliphatic hydroxyl groups excluding tert-OH is 1. The molecule has 0 aliphatic carbocycles. The lowest BCUT2D eigenvalue weighted by Crippen LogP contribution is -2.17. The summed E-state index contributed by atoms with van der Waals surface area (Å²) in [7, 11) is 1.81. The van der Waals surface area contributed by atoms with Gasteiger partial charge >= 0.3 is 0 Å². The van der Waals surface area contributed by atoms with E-state index in [9.17, 15) is 5.11 Å². The summed E-state index contributed by atoms with van der Waals surface area (Å²) in [5.74, 6) is 0. The number of aliphatic hydroxyl groups is 1. The van der Waals surface area contributed by atoms with Gasteiger partial charge < -0.3 is 10.4 Å². The molecule has 1 aromatic rings. The molecule has 78 valence electrons. The van der Waals surface area contributed by atoms with Crippen LogP contribution in [-0.4, -0.2) is 18.7 Å². The van der Waals surface area contributed by atoms with Crippen LogP contribution >= 0.6 is 11.6 Å². The standard InChI is InChI=1S/C11H16ClNO/c1-7-4-8(2)10(12)5-9(7)11(14)6-13-3/h4-5,11,13-14H,6H2,1-3H3. The molecular formula is C11H16ClNO. The summed E-state index contributed by atoms with van der Waals surface area (Å²) in [6.07, 6.45) is -0.488. The fraction of sp³-hybridized carbons (Fsp3) is 0.455. The lowest BCUT2D eigenvalue weighted by molar-refractivity contribution is 0.177. The molecule has 1 aromatic carbocycles. The second kappa shape index (κ2) is 4.78. The van der Waals surface area contributed by atoms with Crippen molar-refractivity contribution < 1.29 is 5.11 Å². The van der Waals surface area contributed by atoms with Crippen molar-refractivity contribution in [2.45, 2.75) is 20.0 Å². The molecule has 1 unspecified atom stereocenters. The SMILES string of the molecule is CNCC(O)c1cc(Cl)c(C)cc1C. The summed E-state index contributed by atoms with van der Waals surface area (Å²) >= 11 is 6.00. The maximum atomic E-state index is 9.80. The van der Waals surface area contributed by atoms with E-state index in [4.69, 9.17) is 11.6 Å². The predicted octanol–water partition coefficient (Wildman–Crippen LogP) is 2.21. The summed E-state index contributed by atoms with van der Waals surface area (Å²) in [5.41, 5.74) is 3.02. The zero-order valence-electron chi connectivity index (χ0n) is 8.76. The molecule has 0 aliphatic heterocycles. The van der Waals surface area contributed by atoms with Gasteiger partial charge in [0, 0.05) is 11.6 Å². The van der Waals surface area contributed by atoms with Crippen molar-refractivity contribution in [3.8, 4) is 0 Å². The van der Waals surface area contributed by atoms with Gasteiger partial charge in [-0.25, -0.2) is 0 Å². The van der Waals surface area contributed by atoms with Gasteiger partial charge in [-0.05, 0) is 43.7 Å². The Hall–Kier alpha value is -0.570. The van der Waals surface area contributed by atoms with Gasteiger partial charge in [0.05, 0.1) is 6.10 Å². The summed E-state index contributed by atoms with van der Waals surface area (Å²) < 4.78 is 0. The molecule has 1 rings (SSSR count). The molecule has 0 heterocycles. The second-order valence-electron chi connectivity index (χ2n) is 3.53. The summed E-state index contributed by atoms with van der Waals surface area (Å²) in [6, 6.07) is 3.84. The van der Waals surface area contributed by atoms with Gasteiger partial charge in [0.1, 0.15) is 0 Å². The number of rotatable bonds is 3. The van der Waals surface area contributed by atoms with E-state index in [-0.39, 0.29) is 0 Å². The van der Waals surface area contributed by atoms with E-state index in [1.807, 2.05) is 33.0 Å². The Bertz CT molecular complexity index is 325. The van der Waals surface area contributed by atoms with Gasteiger partial charge in [0.2, 0.25) is 0 Å². The highest BCUT2D eigenvalue weighted by atomic mass is 35.5. The Balaban J connectivity index is 3.02. The summed E-state index contributed by atoms with van der Waals surface area (Å²) in [5, 5.41) is 13.4. The molecule has 2 nitrogen and oxygen atoms in total. The largest absolute Gasteiger partial charge is 0.387 e. The molecule has 0 radical (unpaired) electrons.